The van der Waals surface area contributed by atoms with Gasteiger partial charge in [-0.1, -0.05) is 24.4 Å². The molecule has 0 N–H and O–H groups in total. The van der Waals surface area contributed by atoms with Gasteiger partial charge in [0.25, 0.3) is 0 Å². The summed E-state index contributed by atoms with van der Waals surface area (Å²) in [6.45, 7) is 0. The summed E-state index contributed by atoms with van der Waals surface area (Å²) in [6, 6.07) is 5.41. The summed E-state index contributed by atoms with van der Waals surface area (Å²) in [5.41, 5.74) is 0.882. The molecule has 1 saturated carbocycles. The average Bonchev–Trinajstić information content (AvgIpc) is 2.90. The second kappa shape index (κ2) is 7.20. The lowest BCUT2D eigenvalue weighted by Crippen LogP contribution is -2.09. The lowest BCUT2D eigenvalue weighted by Gasteiger charge is -2.10. The van der Waals surface area contributed by atoms with Crippen LogP contribution >= 0.6 is 23.4 Å². The molecule has 0 amide bonds. The maximum Gasteiger partial charge on any atom is 0.147 e. The van der Waals surface area contributed by atoms with Gasteiger partial charge in [0.2, 0.25) is 0 Å². The third-order valence-corrected chi connectivity index (χ3v) is 5.08. The Kier molecular flexibility index (Phi) is 5.59. The molecule has 1 aliphatic carbocycles. The third-order valence-electron chi connectivity index (χ3n) is 3.41. The molecule has 0 heterocycles. The van der Waals surface area contributed by atoms with Crippen molar-refractivity contribution in [3.8, 4) is 5.75 Å². The molecule has 0 aliphatic heterocycles. The molecule has 1 aliphatic rings. The first-order valence-electron chi connectivity index (χ1n) is 6.65. The summed E-state index contributed by atoms with van der Waals surface area (Å²) in [7, 11) is 1.62. The Morgan fingerprint density at radius 2 is 2.16 bits per heavy atom. The number of carbonyl (C=O) groups is 1. The van der Waals surface area contributed by atoms with Crippen LogP contribution in [0.3, 0.4) is 0 Å². The van der Waals surface area contributed by atoms with Crippen LogP contribution in [0.25, 0.3) is 0 Å². The Bertz CT molecular complexity index is 442. The number of Topliss-reactive ketones (excluding diaryl/α,β-unsaturated/α-hetero) is 1. The van der Waals surface area contributed by atoms with E-state index >= 15 is 0 Å². The maximum absolute atomic E-state index is 12.0. The predicted molar refractivity (Wildman–Crippen MR) is 81.4 cm³/mol. The molecule has 1 aromatic rings. The predicted octanol–water partition coefficient (Wildman–Crippen LogP) is 4.14. The molecule has 0 radical (unpaired) electrons. The fourth-order valence-corrected chi connectivity index (χ4v) is 3.80. The topological polar surface area (TPSA) is 26.3 Å². The summed E-state index contributed by atoms with van der Waals surface area (Å²) in [6.07, 6.45) is 5.56. The smallest absolute Gasteiger partial charge is 0.147 e. The van der Waals surface area contributed by atoms with Gasteiger partial charge in [0, 0.05) is 22.3 Å². The number of thioether (sulfide) groups is 1. The second-order valence-corrected chi connectivity index (χ2v) is 6.61. The first kappa shape index (κ1) is 14.7. The van der Waals surface area contributed by atoms with E-state index in [0.29, 0.717) is 22.4 Å². The fraction of sp³-hybridized carbons (Fsp3) is 0.533. The molecular formula is C15H19ClO2S. The van der Waals surface area contributed by atoms with Crippen LogP contribution in [0.15, 0.2) is 18.2 Å². The highest BCUT2D eigenvalue weighted by atomic mass is 35.5. The summed E-state index contributed by atoms with van der Waals surface area (Å²) < 4.78 is 5.26. The third kappa shape index (κ3) is 4.43. The highest BCUT2D eigenvalue weighted by molar-refractivity contribution is 8.00. The lowest BCUT2D eigenvalue weighted by atomic mass is 10.1. The summed E-state index contributed by atoms with van der Waals surface area (Å²) >= 11 is 7.77. The Labute approximate surface area is 123 Å². The normalized spacial score (nSPS) is 15.7. The molecule has 1 aromatic carbocycles. The molecule has 2 nitrogen and oxygen atoms in total. The SMILES string of the molecule is COc1ccc(Cl)cc1CC(=O)CSC1CCCC1. The fourth-order valence-electron chi connectivity index (χ4n) is 2.41. The number of halogens is 1. The molecule has 19 heavy (non-hydrogen) atoms. The molecule has 0 spiro atoms. The van der Waals surface area contributed by atoms with Crippen molar-refractivity contribution in [1.29, 1.82) is 0 Å². The van der Waals surface area contributed by atoms with Crippen molar-refractivity contribution in [3.05, 3.63) is 28.8 Å². The molecule has 2 rings (SSSR count). The standard InChI is InChI=1S/C15H19ClO2S/c1-18-15-7-6-12(16)8-11(15)9-13(17)10-19-14-4-2-3-5-14/h6-8,14H,2-5,9-10H2,1H3. The molecule has 0 bridgehead atoms. The summed E-state index contributed by atoms with van der Waals surface area (Å²) in [4.78, 5) is 12.0. The van der Waals surface area contributed by atoms with Gasteiger partial charge < -0.3 is 4.74 Å². The van der Waals surface area contributed by atoms with E-state index in [-0.39, 0.29) is 5.78 Å². The highest BCUT2D eigenvalue weighted by Gasteiger charge is 2.17. The summed E-state index contributed by atoms with van der Waals surface area (Å²) in [5.74, 6) is 1.58. The molecular weight excluding hydrogens is 280 g/mol. The van der Waals surface area contributed by atoms with Crippen molar-refractivity contribution in [2.45, 2.75) is 37.4 Å². The van der Waals surface area contributed by atoms with Crippen LogP contribution in [0.4, 0.5) is 0 Å². The van der Waals surface area contributed by atoms with E-state index in [1.807, 2.05) is 12.1 Å². The molecule has 1 fully saturated rings. The zero-order chi connectivity index (χ0) is 13.7. The average molecular weight is 299 g/mol. The Balaban J connectivity index is 1.88. The first-order chi connectivity index (χ1) is 9.19. The largest absolute Gasteiger partial charge is 0.496 e. The quantitative estimate of drug-likeness (QED) is 0.789. The zero-order valence-corrected chi connectivity index (χ0v) is 12.7. The van der Waals surface area contributed by atoms with Crippen LogP contribution in [0, 0.1) is 0 Å². The minimum atomic E-state index is 0.248. The Hall–Kier alpha value is -0.670. The zero-order valence-electron chi connectivity index (χ0n) is 11.2. The maximum atomic E-state index is 12.0. The van der Waals surface area contributed by atoms with Crippen LogP contribution in [0.2, 0.25) is 5.02 Å². The monoisotopic (exact) mass is 298 g/mol. The van der Waals surface area contributed by atoms with Gasteiger partial charge in [-0.3, -0.25) is 4.79 Å². The van der Waals surface area contributed by atoms with Crippen LogP contribution in [-0.2, 0) is 11.2 Å². The first-order valence-corrected chi connectivity index (χ1v) is 8.07. The van der Waals surface area contributed by atoms with Crippen molar-refractivity contribution in [2.24, 2.45) is 0 Å². The number of ether oxygens (including phenoxy) is 1. The molecule has 0 unspecified atom stereocenters. The summed E-state index contributed by atoms with van der Waals surface area (Å²) in [5, 5.41) is 1.33. The van der Waals surface area contributed by atoms with E-state index in [4.69, 9.17) is 16.3 Å². The Morgan fingerprint density at radius 1 is 1.42 bits per heavy atom. The van der Waals surface area contributed by atoms with Crippen molar-refractivity contribution in [3.63, 3.8) is 0 Å². The number of ketones is 1. The van der Waals surface area contributed by atoms with Crippen molar-refractivity contribution < 1.29 is 9.53 Å². The van der Waals surface area contributed by atoms with E-state index in [0.717, 1.165) is 11.3 Å². The highest BCUT2D eigenvalue weighted by Crippen LogP contribution is 2.30. The van der Waals surface area contributed by atoms with Gasteiger partial charge >= 0.3 is 0 Å². The second-order valence-electron chi connectivity index (χ2n) is 4.89. The van der Waals surface area contributed by atoms with Crippen LogP contribution in [0.1, 0.15) is 31.2 Å². The molecule has 0 atom stereocenters. The van der Waals surface area contributed by atoms with Crippen LogP contribution in [0.5, 0.6) is 5.75 Å². The van der Waals surface area contributed by atoms with Crippen LogP contribution in [-0.4, -0.2) is 23.9 Å². The van der Waals surface area contributed by atoms with Gasteiger partial charge in [0.1, 0.15) is 11.5 Å². The molecule has 0 aromatic heterocycles. The van der Waals surface area contributed by atoms with E-state index in [2.05, 4.69) is 0 Å². The van der Waals surface area contributed by atoms with Crippen molar-refractivity contribution in [2.75, 3.05) is 12.9 Å². The van der Waals surface area contributed by atoms with Crippen molar-refractivity contribution in [1.82, 2.24) is 0 Å². The lowest BCUT2D eigenvalue weighted by molar-refractivity contribution is -0.116. The van der Waals surface area contributed by atoms with Crippen molar-refractivity contribution >= 4 is 29.1 Å². The van der Waals surface area contributed by atoms with Gasteiger partial charge in [0.15, 0.2) is 0 Å². The Morgan fingerprint density at radius 3 is 2.84 bits per heavy atom. The van der Waals surface area contributed by atoms with Gasteiger partial charge in [0.05, 0.1) is 12.9 Å². The minimum absolute atomic E-state index is 0.248. The number of hydrogen-bond acceptors (Lipinski definition) is 3. The van der Waals surface area contributed by atoms with Crippen LogP contribution < -0.4 is 4.74 Å². The number of hydrogen-bond donors (Lipinski definition) is 0. The van der Waals surface area contributed by atoms with Gasteiger partial charge in [-0.2, -0.15) is 11.8 Å². The number of benzene rings is 1. The van der Waals surface area contributed by atoms with E-state index < -0.39 is 0 Å². The van der Waals surface area contributed by atoms with Gasteiger partial charge in [-0.15, -0.1) is 0 Å². The minimum Gasteiger partial charge on any atom is -0.496 e. The number of carbonyl (C=O) groups excluding carboxylic acids is 1. The number of rotatable bonds is 6. The van der Waals surface area contributed by atoms with Gasteiger partial charge in [-0.25, -0.2) is 0 Å². The number of methoxy groups -OCH3 is 1. The molecule has 0 saturated heterocycles. The van der Waals surface area contributed by atoms with Gasteiger partial charge in [-0.05, 0) is 31.0 Å². The molecule has 4 heteroatoms. The van der Waals surface area contributed by atoms with E-state index in [1.165, 1.54) is 25.7 Å². The van der Waals surface area contributed by atoms with E-state index in [1.54, 1.807) is 24.9 Å². The molecule has 104 valence electrons. The van der Waals surface area contributed by atoms with E-state index in [9.17, 15) is 4.79 Å².